The third kappa shape index (κ3) is 5.99. The maximum Gasteiger partial charge on any atom is 0.234 e. The second-order valence-electron chi connectivity index (χ2n) is 7.19. The van der Waals surface area contributed by atoms with Crippen LogP contribution in [0.5, 0.6) is 0 Å². The molecule has 0 unspecified atom stereocenters. The van der Waals surface area contributed by atoms with Crippen LogP contribution < -0.4 is 10.2 Å². The molecule has 3 aromatic rings. The van der Waals surface area contributed by atoms with Crippen LogP contribution >= 0.6 is 34.7 Å². The summed E-state index contributed by atoms with van der Waals surface area (Å²) in [6, 6.07) is 16.8. The van der Waals surface area contributed by atoms with Gasteiger partial charge in [-0.2, -0.15) is 0 Å². The van der Waals surface area contributed by atoms with Gasteiger partial charge in [-0.15, -0.1) is 10.2 Å². The normalized spacial score (nSPS) is 13.8. The lowest BCUT2D eigenvalue weighted by Crippen LogP contribution is -2.49. The second-order valence-corrected chi connectivity index (χ2v) is 9.78. The summed E-state index contributed by atoms with van der Waals surface area (Å²) >= 11 is 9.02. The molecule has 166 valence electrons. The van der Waals surface area contributed by atoms with Gasteiger partial charge in [-0.3, -0.25) is 9.59 Å². The van der Waals surface area contributed by atoms with Crippen molar-refractivity contribution >= 4 is 57.3 Å². The molecule has 32 heavy (non-hydrogen) atoms. The first-order valence-electron chi connectivity index (χ1n) is 10.2. The van der Waals surface area contributed by atoms with Crippen LogP contribution in [0.3, 0.4) is 0 Å². The van der Waals surface area contributed by atoms with Crippen LogP contribution in [0.25, 0.3) is 0 Å². The standard InChI is InChI=1S/C22H22ClN5O2S2/c23-18-9-5-4-6-16(18)14-20(30)27-10-12-28(13-11-27)21-25-26-22(32-21)31-15-19(29)24-17-7-2-1-3-8-17/h1-9H,10-15H2,(H,24,29). The maximum absolute atomic E-state index is 12.6. The zero-order chi connectivity index (χ0) is 22.3. The number of nitrogens with one attached hydrogen (secondary N) is 1. The first-order valence-corrected chi connectivity index (χ1v) is 12.3. The Hall–Kier alpha value is -2.62. The van der Waals surface area contributed by atoms with E-state index in [1.807, 2.05) is 53.4 Å². The summed E-state index contributed by atoms with van der Waals surface area (Å²) < 4.78 is 0.750. The first kappa shape index (κ1) is 22.6. The number of piperazine rings is 1. The van der Waals surface area contributed by atoms with Gasteiger partial charge in [-0.25, -0.2) is 0 Å². The fourth-order valence-corrected chi connectivity index (χ4v) is 5.19. The number of thioether (sulfide) groups is 1. The lowest BCUT2D eigenvalue weighted by atomic mass is 10.1. The Labute approximate surface area is 199 Å². The number of halogens is 1. The second kappa shape index (κ2) is 10.8. The molecule has 0 bridgehead atoms. The third-order valence-electron chi connectivity index (χ3n) is 4.98. The topological polar surface area (TPSA) is 78.4 Å². The summed E-state index contributed by atoms with van der Waals surface area (Å²) in [7, 11) is 0. The molecule has 0 aliphatic carbocycles. The van der Waals surface area contributed by atoms with E-state index in [4.69, 9.17) is 11.6 Å². The van der Waals surface area contributed by atoms with Crippen molar-refractivity contribution < 1.29 is 9.59 Å². The minimum absolute atomic E-state index is 0.0793. The van der Waals surface area contributed by atoms with Crippen LogP contribution in [0.15, 0.2) is 58.9 Å². The van der Waals surface area contributed by atoms with E-state index in [0.717, 1.165) is 20.7 Å². The molecule has 2 heterocycles. The monoisotopic (exact) mass is 487 g/mol. The average molecular weight is 488 g/mol. The molecule has 4 rings (SSSR count). The molecule has 0 saturated carbocycles. The van der Waals surface area contributed by atoms with Gasteiger partial charge in [0.25, 0.3) is 0 Å². The van der Waals surface area contributed by atoms with E-state index in [1.165, 1.54) is 23.1 Å². The van der Waals surface area contributed by atoms with Crippen molar-refractivity contribution in [3.05, 3.63) is 65.2 Å². The first-order chi connectivity index (χ1) is 15.6. The zero-order valence-electron chi connectivity index (χ0n) is 17.2. The Bertz CT molecular complexity index is 1070. The minimum Gasteiger partial charge on any atom is -0.343 e. The van der Waals surface area contributed by atoms with E-state index in [-0.39, 0.29) is 17.6 Å². The maximum atomic E-state index is 12.6. The van der Waals surface area contributed by atoms with Gasteiger partial charge in [0, 0.05) is 36.9 Å². The highest BCUT2D eigenvalue weighted by molar-refractivity contribution is 8.01. The SMILES string of the molecule is O=C(CSc1nnc(N2CCN(C(=O)Cc3ccccc3Cl)CC2)s1)Nc1ccccc1. The average Bonchev–Trinajstić information content (AvgIpc) is 3.29. The van der Waals surface area contributed by atoms with Gasteiger partial charge < -0.3 is 15.1 Å². The summed E-state index contributed by atoms with van der Waals surface area (Å²) in [5.74, 6) is 0.271. The molecule has 1 saturated heterocycles. The molecule has 0 atom stereocenters. The molecule has 7 nitrogen and oxygen atoms in total. The molecule has 1 aliphatic heterocycles. The molecule has 2 amide bonds. The van der Waals surface area contributed by atoms with E-state index in [9.17, 15) is 9.59 Å². The van der Waals surface area contributed by atoms with E-state index in [2.05, 4.69) is 20.4 Å². The Kier molecular flexibility index (Phi) is 7.62. The van der Waals surface area contributed by atoms with Crippen molar-refractivity contribution in [3.63, 3.8) is 0 Å². The van der Waals surface area contributed by atoms with Crippen LogP contribution in [-0.2, 0) is 16.0 Å². The van der Waals surface area contributed by atoms with Gasteiger partial charge in [0.15, 0.2) is 4.34 Å². The summed E-state index contributed by atoms with van der Waals surface area (Å²) in [4.78, 5) is 28.7. The Balaban J connectivity index is 1.23. The van der Waals surface area contributed by atoms with Crippen LogP contribution in [0.2, 0.25) is 5.02 Å². The predicted molar refractivity (Wildman–Crippen MR) is 130 cm³/mol. The van der Waals surface area contributed by atoms with Crippen molar-refractivity contribution in [2.75, 3.05) is 42.1 Å². The van der Waals surface area contributed by atoms with E-state index < -0.39 is 0 Å². The number of nitrogens with zero attached hydrogens (tertiary/aromatic N) is 4. The third-order valence-corrected chi connectivity index (χ3v) is 7.47. The highest BCUT2D eigenvalue weighted by Crippen LogP contribution is 2.29. The molecule has 0 spiro atoms. The molecule has 1 aromatic heterocycles. The summed E-state index contributed by atoms with van der Waals surface area (Å²) in [6.45, 7) is 2.65. The number of hydrogen-bond acceptors (Lipinski definition) is 7. The highest BCUT2D eigenvalue weighted by atomic mass is 35.5. The van der Waals surface area contributed by atoms with Crippen molar-refractivity contribution in [2.45, 2.75) is 10.8 Å². The number of rotatable bonds is 7. The van der Waals surface area contributed by atoms with Gasteiger partial charge in [0.05, 0.1) is 12.2 Å². The molecule has 2 aromatic carbocycles. The predicted octanol–water partition coefficient (Wildman–Crippen LogP) is 3.81. The number of amides is 2. The van der Waals surface area contributed by atoms with Crippen molar-refractivity contribution in [1.82, 2.24) is 15.1 Å². The Morgan fingerprint density at radius 1 is 1.00 bits per heavy atom. The van der Waals surface area contributed by atoms with E-state index in [0.29, 0.717) is 37.6 Å². The fraction of sp³-hybridized carbons (Fsp3) is 0.273. The molecule has 1 N–H and O–H groups in total. The number of aromatic nitrogens is 2. The molecule has 1 aliphatic rings. The van der Waals surface area contributed by atoms with Crippen LogP contribution in [0, 0.1) is 0 Å². The number of carbonyl (C=O) groups is 2. The van der Waals surface area contributed by atoms with Crippen molar-refractivity contribution in [2.24, 2.45) is 0 Å². The van der Waals surface area contributed by atoms with Gasteiger partial charge >= 0.3 is 0 Å². The van der Waals surface area contributed by atoms with E-state index >= 15 is 0 Å². The Morgan fingerprint density at radius 3 is 2.47 bits per heavy atom. The number of anilines is 2. The molecule has 10 heteroatoms. The fourth-order valence-electron chi connectivity index (χ4n) is 3.30. The van der Waals surface area contributed by atoms with E-state index in [1.54, 1.807) is 6.07 Å². The smallest absolute Gasteiger partial charge is 0.234 e. The number of hydrogen-bond donors (Lipinski definition) is 1. The molecular formula is C22H22ClN5O2S2. The van der Waals surface area contributed by atoms with Gasteiger partial charge in [0.2, 0.25) is 16.9 Å². The van der Waals surface area contributed by atoms with Gasteiger partial charge in [0.1, 0.15) is 0 Å². The van der Waals surface area contributed by atoms with Crippen molar-refractivity contribution in [3.8, 4) is 0 Å². The minimum atomic E-state index is -0.0800. The highest BCUT2D eigenvalue weighted by Gasteiger charge is 2.24. The number of para-hydroxylation sites is 1. The van der Waals surface area contributed by atoms with Crippen molar-refractivity contribution in [1.29, 1.82) is 0 Å². The summed E-state index contributed by atoms with van der Waals surface area (Å²) in [6.07, 6.45) is 0.310. The van der Waals surface area contributed by atoms with Crippen LogP contribution in [0.4, 0.5) is 10.8 Å². The number of carbonyl (C=O) groups excluding carboxylic acids is 2. The molecular weight excluding hydrogens is 466 g/mol. The zero-order valence-corrected chi connectivity index (χ0v) is 19.6. The van der Waals surface area contributed by atoms with Crippen LogP contribution in [-0.4, -0.2) is 58.8 Å². The van der Waals surface area contributed by atoms with Gasteiger partial charge in [-0.1, -0.05) is 71.1 Å². The number of benzene rings is 2. The largest absolute Gasteiger partial charge is 0.343 e. The Morgan fingerprint density at radius 2 is 1.72 bits per heavy atom. The summed E-state index contributed by atoms with van der Waals surface area (Å²) in [5.41, 5.74) is 1.63. The summed E-state index contributed by atoms with van der Waals surface area (Å²) in [5, 5.41) is 12.8. The quantitative estimate of drug-likeness (QED) is 0.510. The molecule has 1 fully saturated rings. The van der Waals surface area contributed by atoms with Crippen LogP contribution in [0.1, 0.15) is 5.56 Å². The lowest BCUT2D eigenvalue weighted by Gasteiger charge is -2.34. The lowest BCUT2D eigenvalue weighted by molar-refractivity contribution is -0.130. The van der Waals surface area contributed by atoms with Gasteiger partial charge in [-0.05, 0) is 23.8 Å². The molecule has 0 radical (unpaired) electrons.